The molecule has 0 amide bonds. The molecule has 0 bridgehead atoms. The van der Waals surface area contributed by atoms with Crippen molar-refractivity contribution in [3.63, 3.8) is 0 Å². The highest BCUT2D eigenvalue weighted by atomic mass is 16.5. The molecule has 0 aliphatic rings. The summed E-state index contributed by atoms with van der Waals surface area (Å²) in [5.41, 5.74) is 0. The van der Waals surface area contributed by atoms with Crippen molar-refractivity contribution in [2.45, 2.75) is 12.8 Å². The molecular formula is C18H26O4. The van der Waals surface area contributed by atoms with E-state index in [-0.39, 0.29) is 0 Å². The van der Waals surface area contributed by atoms with Gasteiger partial charge in [-0.3, -0.25) is 0 Å². The Morgan fingerprint density at radius 1 is 0.636 bits per heavy atom. The van der Waals surface area contributed by atoms with Crippen LogP contribution < -0.4 is 9.47 Å². The van der Waals surface area contributed by atoms with E-state index in [1.54, 1.807) is 0 Å². The van der Waals surface area contributed by atoms with Crippen molar-refractivity contribution in [1.82, 2.24) is 0 Å². The van der Waals surface area contributed by atoms with Gasteiger partial charge in [0.2, 0.25) is 0 Å². The first kappa shape index (κ1) is 18.3. The van der Waals surface area contributed by atoms with Crippen LogP contribution in [0.3, 0.4) is 0 Å². The maximum absolute atomic E-state index is 5.57. The molecule has 0 saturated heterocycles. The third kappa shape index (κ3) is 9.21. The predicted molar refractivity (Wildman–Crippen MR) is 88.7 cm³/mol. The standard InChI is InChI=1S/C18H26O4/c1-3-5-11-19-13-15-21-17-7-9-18(10-8-17)22-16-14-20-12-6-4-2/h3-4,7-10H,1-2,5-6,11-16H2. The molecule has 0 aliphatic heterocycles. The highest BCUT2D eigenvalue weighted by Crippen LogP contribution is 2.17. The smallest absolute Gasteiger partial charge is 0.119 e. The average molecular weight is 306 g/mol. The molecule has 0 fully saturated rings. The van der Waals surface area contributed by atoms with Crippen LogP contribution in [0.15, 0.2) is 49.6 Å². The van der Waals surface area contributed by atoms with Crippen LogP contribution in [0.1, 0.15) is 12.8 Å². The second-order valence-corrected chi connectivity index (χ2v) is 4.55. The van der Waals surface area contributed by atoms with Crippen LogP contribution in [0.25, 0.3) is 0 Å². The molecule has 22 heavy (non-hydrogen) atoms. The fraction of sp³-hybridized carbons (Fsp3) is 0.444. The summed E-state index contributed by atoms with van der Waals surface area (Å²) in [6.45, 7) is 10.9. The molecule has 4 nitrogen and oxygen atoms in total. The van der Waals surface area contributed by atoms with E-state index >= 15 is 0 Å². The van der Waals surface area contributed by atoms with E-state index in [1.165, 1.54) is 0 Å². The normalized spacial score (nSPS) is 10.2. The predicted octanol–water partition coefficient (Wildman–Crippen LogP) is 3.63. The maximum Gasteiger partial charge on any atom is 0.119 e. The molecule has 0 atom stereocenters. The lowest BCUT2D eigenvalue weighted by Gasteiger charge is -2.09. The molecule has 0 heterocycles. The minimum atomic E-state index is 0.536. The third-order valence-electron chi connectivity index (χ3n) is 2.75. The van der Waals surface area contributed by atoms with Crippen molar-refractivity contribution < 1.29 is 18.9 Å². The van der Waals surface area contributed by atoms with Gasteiger partial charge in [-0.1, -0.05) is 12.2 Å². The second-order valence-electron chi connectivity index (χ2n) is 4.55. The van der Waals surface area contributed by atoms with Gasteiger partial charge in [-0.05, 0) is 37.1 Å². The zero-order chi connectivity index (χ0) is 15.9. The topological polar surface area (TPSA) is 36.9 Å². The van der Waals surface area contributed by atoms with E-state index in [1.807, 2.05) is 36.4 Å². The number of rotatable bonds is 14. The molecular weight excluding hydrogens is 280 g/mol. The van der Waals surface area contributed by atoms with Crippen LogP contribution in [0.4, 0.5) is 0 Å². The Morgan fingerprint density at radius 2 is 1.05 bits per heavy atom. The van der Waals surface area contributed by atoms with Crippen LogP contribution in [0.5, 0.6) is 11.5 Å². The molecule has 4 heteroatoms. The lowest BCUT2D eigenvalue weighted by atomic mass is 10.3. The summed E-state index contributed by atoms with van der Waals surface area (Å²) in [6, 6.07) is 7.55. The van der Waals surface area contributed by atoms with Crippen molar-refractivity contribution >= 4 is 0 Å². The molecule has 0 N–H and O–H groups in total. The van der Waals surface area contributed by atoms with E-state index in [4.69, 9.17) is 18.9 Å². The van der Waals surface area contributed by atoms with Crippen LogP contribution in [0, 0.1) is 0 Å². The first-order valence-electron chi connectivity index (χ1n) is 7.59. The van der Waals surface area contributed by atoms with Gasteiger partial charge in [0.05, 0.1) is 26.4 Å². The van der Waals surface area contributed by atoms with Gasteiger partial charge in [-0.2, -0.15) is 0 Å². The van der Waals surface area contributed by atoms with E-state index < -0.39 is 0 Å². The van der Waals surface area contributed by atoms with Crippen LogP contribution in [-0.4, -0.2) is 39.6 Å². The second kappa shape index (κ2) is 12.9. The largest absolute Gasteiger partial charge is 0.491 e. The van der Waals surface area contributed by atoms with Crippen molar-refractivity contribution in [1.29, 1.82) is 0 Å². The number of hydrogen-bond donors (Lipinski definition) is 0. The van der Waals surface area contributed by atoms with Gasteiger partial charge in [0.1, 0.15) is 24.7 Å². The minimum Gasteiger partial charge on any atom is -0.491 e. The summed E-state index contributed by atoms with van der Waals surface area (Å²) in [5.74, 6) is 1.61. The quantitative estimate of drug-likeness (QED) is 0.388. The summed E-state index contributed by atoms with van der Waals surface area (Å²) in [7, 11) is 0. The molecule has 122 valence electrons. The van der Waals surface area contributed by atoms with Gasteiger partial charge in [-0.15, -0.1) is 13.2 Å². The Bertz CT molecular complexity index is 361. The Balaban J connectivity index is 2.09. The summed E-state index contributed by atoms with van der Waals surface area (Å²) in [5, 5.41) is 0. The van der Waals surface area contributed by atoms with E-state index in [0.717, 1.165) is 24.3 Å². The van der Waals surface area contributed by atoms with E-state index in [2.05, 4.69) is 13.2 Å². The van der Waals surface area contributed by atoms with Crippen molar-refractivity contribution in [2.24, 2.45) is 0 Å². The lowest BCUT2D eigenvalue weighted by Crippen LogP contribution is -2.08. The van der Waals surface area contributed by atoms with Crippen molar-refractivity contribution in [2.75, 3.05) is 39.6 Å². The van der Waals surface area contributed by atoms with Gasteiger partial charge in [0.15, 0.2) is 0 Å². The van der Waals surface area contributed by atoms with Crippen LogP contribution >= 0.6 is 0 Å². The Hall–Kier alpha value is -1.78. The Kier molecular flexibility index (Phi) is 10.7. The number of benzene rings is 1. The Morgan fingerprint density at radius 3 is 1.41 bits per heavy atom. The monoisotopic (exact) mass is 306 g/mol. The third-order valence-corrected chi connectivity index (χ3v) is 2.75. The average Bonchev–Trinajstić information content (AvgIpc) is 2.55. The maximum atomic E-state index is 5.57. The fourth-order valence-electron chi connectivity index (χ4n) is 1.61. The first-order valence-corrected chi connectivity index (χ1v) is 7.59. The van der Waals surface area contributed by atoms with Gasteiger partial charge >= 0.3 is 0 Å². The van der Waals surface area contributed by atoms with Crippen molar-refractivity contribution in [3.8, 4) is 11.5 Å². The summed E-state index contributed by atoms with van der Waals surface area (Å²) >= 11 is 0. The first-order chi connectivity index (χ1) is 10.9. The summed E-state index contributed by atoms with van der Waals surface area (Å²) < 4.78 is 21.9. The number of ether oxygens (including phenoxy) is 4. The Labute approximate surface area is 133 Å². The summed E-state index contributed by atoms with van der Waals surface area (Å²) in [6.07, 6.45) is 5.40. The molecule has 0 radical (unpaired) electrons. The summed E-state index contributed by atoms with van der Waals surface area (Å²) in [4.78, 5) is 0. The molecule has 0 spiro atoms. The number of hydrogen-bond acceptors (Lipinski definition) is 4. The lowest BCUT2D eigenvalue weighted by molar-refractivity contribution is 0.102. The molecule has 1 rings (SSSR count). The molecule has 1 aromatic rings. The molecule has 0 saturated carbocycles. The molecule has 0 aromatic heterocycles. The molecule has 0 aliphatic carbocycles. The van der Waals surface area contributed by atoms with Gasteiger partial charge in [0.25, 0.3) is 0 Å². The van der Waals surface area contributed by atoms with Crippen LogP contribution in [-0.2, 0) is 9.47 Å². The van der Waals surface area contributed by atoms with E-state index in [9.17, 15) is 0 Å². The molecule has 0 unspecified atom stereocenters. The zero-order valence-electron chi connectivity index (χ0n) is 13.2. The van der Waals surface area contributed by atoms with Gasteiger partial charge in [0, 0.05) is 0 Å². The SMILES string of the molecule is C=CCCOCCOc1ccc(OCCOCCC=C)cc1. The van der Waals surface area contributed by atoms with Gasteiger partial charge in [-0.25, -0.2) is 0 Å². The van der Waals surface area contributed by atoms with Crippen molar-refractivity contribution in [3.05, 3.63) is 49.6 Å². The molecule has 1 aromatic carbocycles. The van der Waals surface area contributed by atoms with Gasteiger partial charge < -0.3 is 18.9 Å². The van der Waals surface area contributed by atoms with Crippen LogP contribution in [0.2, 0.25) is 0 Å². The minimum absolute atomic E-state index is 0.536. The highest BCUT2D eigenvalue weighted by Gasteiger charge is 1.97. The fourth-order valence-corrected chi connectivity index (χ4v) is 1.61. The van der Waals surface area contributed by atoms with E-state index in [0.29, 0.717) is 39.6 Å². The zero-order valence-corrected chi connectivity index (χ0v) is 13.2. The highest BCUT2D eigenvalue weighted by molar-refractivity contribution is 5.31.